The van der Waals surface area contributed by atoms with Gasteiger partial charge >= 0.3 is 5.97 Å². The number of likely N-dealkylation sites (tertiary alicyclic amines) is 1. The molecule has 1 saturated heterocycles. The molecule has 1 fully saturated rings. The summed E-state index contributed by atoms with van der Waals surface area (Å²) in [5.41, 5.74) is 0.214. The van der Waals surface area contributed by atoms with Crippen LogP contribution in [0.25, 0.3) is 0 Å². The van der Waals surface area contributed by atoms with Crippen LogP contribution in [0.4, 0.5) is 0 Å². The van der Waals surface area contributed by atoms with Gasteiger partial charge in [0.2, 0.25) is 0 Å². The van der Waals surface area contributed by atoms with Crippen LogP contribution in [0.15, 0.2) is 24.3 Å². The number of amides is 1. The third-order valence-electron chi connectivity index (χ3n) is 3.80. The minimum Gasteiger partial charge on any atom is -0.478 e. The molecule has 1 atom stereocenters. The first-order valence-electron chi connectivity index (χ1n) is 6.63. The molecule has 0 radical (unpaired) electrons. The van der Waals surface area contributed by atoms with Crippen LogP contribution in [0.3, 0.4) is 0 Å². The summed E-state index contributed by atoms with van der Waals surface area (Å²) in [5.74, 6) is -1.17. The Balaban J connectivity index is 2.19. The average molecular weight is 277 g/mol. The van der Waals surface area contributed by atoms with Crippen molar-refractivity contribution < 1.29 is 19.4 Å². The summed E-state index contributed by atoms with van der Waals surface area (Å²) in [6.07, 6.45) is 1.80. The number of ether oxygens (including phenoxy) is 1. The largest absolute Gasteiger partial charge is 0.478 e. The molecule has 0 aromatic heterocycles. The molecule has 1 aliphatic rings. The van der Waals surface area contributed by atoms with Crippen molar-refractivity contribution in [1.82, 2.24) is 4.90 Å². The van der Waals surface area contributed by atoms with Crippen molar-refractivity contribution in [1.29, 1.82) is 0 Å². The van der Waals surface area contributed by atoms with E-state index in [2.05, 4.69) is 0 Å². The first kappa shape index (κ1) is 14.5. The van der Waals surface area contributed by atoms with Gasteiger partial charge in [-0.2, -0.15) is 0 Å². The Labute approximate surface area is 118 Å². The van der Waals surface area contributed by atoms with Gasteiger partial charge in [0, 0.05) is 25.8 Å². The maximum atomic E-state index is 12.5. The molecule has 0 aliphatic carbocycles. The van der Waals surface area contributed by atoms with Gasteiger partial charge in [0.25, 0.3) is 5.91 Å². The minimum absolute atomic E-state index is 0.127. The highest BCUT2D eigenvalue weighted by Gasteiger charge is 2.33. The van der Waals surface area contributed by atoms with Crippen molar-refractivity contribution in [2.75, 3.05) is 20.2 Å². The molecule has 1 unspecified atom stereocenters. The van der Waals surface area contributed by atoms with E-state index in [1.165, 1.54) is 12.1 Å². The fourth-order valence-corrected chi connectivity index (χ4v) is 2.51. The molecule has 0 bridgehead atoms. The van der Waals surface area contributed by atoms with E-state index < -0.39 is 5.97 Å². The van der Waals surface area contributed by atoms with Crippen molar-refractivity contribution in [2.45, 2.75) is 25.4 Å². The quantitative estimate of drug-likeness (QED) is 0.918. The highest BCUT2D eigenvalue weighted by atomic mass is 16.5. The van der Waals surface area contributed by atoms with Crippen molar-refractivity contribution in [2.24, 2.45) is 0 Å². The highest BCUT2D eigenvalue weighted by molar-refractivity contribution is 5.97. The number of hydrogen-bond donors (Lipinski definition) is 1. The first-order chi connectivity index (χ1) is 9.45. The van der Waals surface area contributed by atoms with E-state index in [9.17, 15) is 9.59 Å². The maximum Gasteiger partial charge on any atom is 0.335 e. The molecule has 5 heteroatoms. The number of carboxylic acid groups (broad SMARTS) is 1. The van der Waals surface area contributed by atoms with Crippen LogP contribution in [0.1, 0.15) is 40.5 Å². The number of hydrogen-bond acceptors (Lipinski definition) is 3. The van der Waals surface area contributed by atoms with Crippen molar-refractivity contribution >= 4 is 11.9 Å². The van der Waals surface area contributed by atoms with E-state index in [1.54, 1.807) is 24.1 Å². The van der Waals surface area contributed by atoms with Crippen LogP contribution < -0.4 is 0 Å². The normalized spacial score (nSPS) is 22.6. The molecular weight excluding hydrogens is 258 g/mol. The number of carbonyl (C=O) groups excluding carboxylic acids is 1. The van der Waals surface area contributed by atoms with Gasteiger partial charge in [0.05, 0.1) is 11.2 Å². The van der Waals surface area contributed by atoms with Crippen LogP contribution in [-0.4, -0.2) is 47.7 Å². The summed E-state index contributed by atoms with van der Waals surface area (Å²) in [5, 5.41) is 8.98. The summed E-state index contributed by atoms with van der Waals surface area (Å²) in [4.78, 5) is 25.1. The van der Waals surface area contributed by atoms with E-state index in [-0.39, 0.29) is 17.1 Å². The smallest absolute Gasteiger partial charge is 0.335 e. The third kappa shape index (κ3) is 2.99. The van der Waals surface area contributed by atoms with Gasteiger partial charge in [-0.25, -0.2) is 4.79 Å². The second-order valence-electron chi connectivity index (χ2n) is 5.37. The summed E-state index contributed by atoms with van der Waals surface area (Å²) >= 11 is 0. The van der Waals surface area contributed by atoms with E-state index in [1.807, 2.05) is 6.92 Å². The van der Waals surface area contributed by atoms with E-state index in [0.717, 1.165) is 12.8 Å². The number of carboxylic acids is 1. The molecule has 108 valence electrons. The van der Waals surface area contributed by atoms with Crippen molar-refractivity contribution in [3.8, 4) is 0 Å². The Bertz CT molecular complexity index is 528. The van der Waals surface area contributed by atoms with Gasteiger partial charge in [-0.3, -0.25) is 4.79 Å². The Morgan fingerprint density at radius 2 is 2.05 bits per heavy atom. The van der Waals surface area contributed by atoms with Gasteiger partial charge in [0.15, 0.2) is 0 Å². The number of carbonyl (C=O) groups is 2. The lowest BCUT2D eigenvalue weighted by Gasteiger charge is -2.39. The molecular formula is C15H19NO4. The molecule has 5 nitrogen and oxygen atoms in total. The molecule has 0 spiro atoms. The predicted octanol–water partition coefficient (Wildman–Crippen LogP) is 2.03. The summed E-state index contributed by atoms with van der Waals surface area (Å²) in [6, 6.07) is 6.14. The van der Waals surface area contributed by atoms with Crippen LogP contribution >= 0.6 is 0 Å². The zero-order valence-electron chi connectivity index (χ0n) is 11.8. The zero-order valence-corrected chi connectivity index (χ0v) is 11.8. The monoisotopic (exact) mass is 277 g/mol. The number of piperidine rings is 1. The Morgan fingerprint density at radius 3 is 2.70 bits per heavy atom. The van der Waals surface area contributed by atoms with Crippen molar-refractivity contribution in [3.63, 3.8) is 0 Å². The number of benzene rings is 1. The second kappa shape index (κ2) is 5.63. The number of methoxy groups -OCH3 is 1. The molecule has 2 rings (SSSR count). The molecule has 1 aliphatic heterocycles. The average Bonchev–Trinajstić information content (AvgIpc) is 2.46. The lowest BCUT2D eigenvalue weighted by molar-refractivity contribution is -0.0440. The van der Waals surface area contributed by atoms with Crippen LogP contribution in [-0.2, 0) is 4.74 Å². The Kier molecular flexibility index (Phi) is 4.09. The molecule has 1 heterocycles. The summed E-state index contributed by atoms with van der Waals surface area (Å²) < 4.78 is 5.47. The second-order valence-corrected chi connectivity index (χ2v) is 5.37. The van der Waals surface area contributed by atoms with Gasteiger partial charge in [-0.15, -0.1) is 0 Å². The predicted molar refractivity (Wildman–Crippen MR) is 74.0 cm³/mol. The Hall–Kier alpha value is -1.88. The van der Waals surface area contributed by atoms with Gasteiger partial charge in [-0.05, 0) is 38.0 Å². The molecule has 1 amide bonds. The summed E-state index contributed by atoms with van der Waals surface area (Å²) in [6.45, 7) is 3.19. The molecule has 1 aromatic rings. The van der Waals surface area contributed by atoms with Crippen LogP contribution in [0.5, 0.6) is 0 Å². The van der Waals surface area contributed by atoms with Crippen LogP contribution in [0.2, 0.25) is 0 Å². The van der Waals surface area contributed by atoms with Gasteiger partial charge in [0.1, 0.15) is 0 Å². The fraction of sp³-hybridized carbons (Fsp3) is 0.467. The van der Waals surface area contributed by atoms with Crippen molar-refractivity contribution in [3.05, 3.63) is 35.4 Å². The maximum absolute atomic E-state index is 12.5. The third-order valence-corrected chi connectivity index (χ3v) is 3.80. The van der Waals surface area contributed by atoms with E-state index in [0.29, 0.717) is 18.7 Å². The molecule has 1 N–H and O–H groups in total. The number of aromatic carboxylic acids is 1. The molecule has 20 heavy (non-hydrogen) atoms. The SMILES string of the molecule is COC1(C)CCCN(C(=O)c2cccc(C(=O)O)c2)C1. The molecule has 0 saturated carbocycles. The van der Waals surface area contributed by atoms with Crippen LogP contribution in [0, 0.1) is 0 Å². The Morgan fingerprint density at radius 1 is 1.35 bits per heavy atom. The van der Waals surface area contributed by atoms with E-state index in [4.69, 9.17) is 9.84 Å². The minimum atomic E-state index is -1.03. The first-order valence-corrected chi connectivity index (χ1v) is 6.63. The number of nitrogens with zero attached hydrogens (tertiary/aromatic N) is 1. The fourth-order valence-electron chi connectivity index (χ4n) is 2.51. The number of rotatable bonds is 3. The lowest BCUT2D eigenvalue weighted by Crippen LogP contribution is -2.49. The molecule has 1 aromatic carbocycles. The topological polar surface area (TPSA) is 66.8 Å². The summed E-state index contributed by atoms with van der Waals surface area (Å²) in [7, 11) is 1.65. The van der Waals surface area contributed by atoms with E-state index >= 15 is 0 Å². The highest BCUT2D eigenvalue weighted by Crippen LogP contribution is 2.25. The van der Waals surface area contributed by atoms with Gasteiger partial charge in [-0.1, -0.05) is 6.07 Å². The standard InChI is InChI=1S/C15H19NO4/c1-15(20-2)7-4-8-16(10-15)13(17)11-5-3-6-12(9-11)14(18)19/h3,5-6,9H,4,7-8,10H2,1-2H3,(H,18,19). The van der Waals surface area contributed by atoms with Gasteiger partial charge < -0.3 is 14.7 Å². The zero-order chi connectivity index (χ0) is 14.8. The lowest BCUT2D eigenvalue weighted by atomic mass is 9.94.